The Kier molecular flexibility index (Phi) is 6.01. The molecule has 0 saturated heterocycles. The summed E-state index contributed by atoms with van der Waals surface area (Å²) < 4.78 is 37.0. The number of hydrogen-bond donors (Lipinski definition) is 1. The lowest BCUT2D eigenvalue weighted by Crippen LogP contribution is -2.45. The molecule has 0 aromatic heterocycles. The Hall–Kier alpha value is -1.08. The third-order valence-corrected chi connectivity index (χ3v) is 3.65. The van der Waals surface area contributed by atoms with Crippen LogP contribution in [-0.2, 0) is 11.3 Å². The quantitative estimate of drug-likeness (QED) is 0.883. The summed E-state index contributed by atoms with van der Waals surface area (Å²) in [4.78, 5) is 13.3. The van der Waals surface area contributed by atoms with Crippen LogP contribution >= 0.6 is 15.9 Å². The third-order valence-electron chi connectivity index (χ3n) is 2.88. The average molecular weight is 353 g/mol. The molecule has 7 heteroatoms. The number of alkyl halides is 3. The van der Waals surface area contributed by atoms with E-state index in [0.717, 1.165) is 10.0 Å². The Morgan fingerprint density at radius 2 is 2.00 bits per heavy atom. The number of nitrogens with zero attached hydrogens (tertiary/aromatic N) is 1. The van der Waals surface area contributed by atoms with E-state index < -0.39 is 24.7 Å². The molecule has 0 radical (unpaired) electrons. The summed E-state index contributed by atoms with van der Waals surface area (Å²) in [5.41, 5.74) is 0.963. The molecule has 0 fully saturated rings. The number of amides is 1. The number of nitrogens with one attached hydrogen (secondary N) is 1. The number of hydrogen-bond acceptors (Lipinski definition) is 2. The van der Waals surface area contributed by atoms with E-state index in [4.69, 9.17) is 0 Å². The van der Waals surface area contributed by atoms with Gasteiger partial charge in [0.05, 0.1) is 6.04 Å². The summed E-state index contributed by atoms with van der Waals surface area (Å²) in [6.07, 6.45) is -4.39. The van der Waals surface area contributed by atoms with E-state index in [1.807, 2.05) is 29.6 Å². The fourth-order valence-electron chi connectivity index (χ4n) is 1.57. The Labute approximate surface area is 124 Å². The molecule has 112 valence electrons. The highest BCUT2D eigenvalue weighted by atomic mass is 79.9. The standard InChI is InChI=1S/C13H16BrF3N2O/c1-9(12(20)18-8-13(15,16)17)19(2)7-10-5-3-4-6-11(10)14/h3-6,9H,7-8H2,1-2H3,(H,18,20)/t9-/m1/s1. The maximum absolute atomic E-state index is 12.0. The van der Waals surface area contributed by atoms with Gasteiger partial charge >= 0.3 is 6.18 Å². The van der Waals surface area contributed by atoms with Gasteiger partial charge in [0, 0.05) is 11.0 Å². The topological polar surface area (TPSA) is 32.3 Å². The highest BCUT2D eigenvalue weighted by molar-refractivity contribution is 9.10. The van der Waals surface area contributed by atoms with Gasteiger partial charge in [0.1, 0.15) is 6.54 Å². The molecule has 0 aliphatic rings. The van der Waals surface area contributed by atoms with Crippen LogP contribution in [0.15, 0.2) is 28.7 Å². The fraction of sp³-hybridized carbons (Fsp3) is 0.462. The van der Waals surface area contributed by atoms with Crippen LogP contribution in [0.5, 0.6) is 0 Å². The van der Waals surface area contributed by atoms with E-state index in [1.54, 1.807) is 18.9 Å². The zero-order valence-electron chi connectivity index (χ0n) is 11.2. The minimum absolute atomic E-state index is 0.460. The van der Waals surface area contributed by atoms with Crippen LogP contribution in [0.1, 0.15) is 12.5 Å². The number of carbonyl (C=O) groups excluding carboxylic acids is 1. The van der Waals surface area contributed by atoms with Crippen molar-refractivity contribution < 1.29 is 18.0 Å². The summed E-state index contributed by atoms with van der Waals surface area (Å²) >= 11 is 3.39. The second kappa shape index (κ2) is 7.08. The van der Waals surface area contributed by atoms with Crippen LogP contribution < -0.4 is 5.32 Å². The van der Waals surface area contributed by atoms with Gasteiger partial charge in [0.2, 0.25) is 5.91 Å². The first kappa shape index (κ1) is 17.0. The molecule has 1 amide bonds. The van der Waals surface area contributed by atoms with Crippen LogP contribution in [-0.4, -0.2) is 36.6 Å². The first-order valence-corrected chi connectivity index (χ1v) is 6.78. The van der Waals surface area contributed by atoms with Crippen molar-refractivity contribution in [2.75, 3.05) is 13.6 Å². The first-order chi connectivity index (χ1) is 9.20. The second-order valence-corrected chi connectivity index (χ2v) is 5.37. The zero-order chi connectivity index (χ0) is 15.3. The smallest absolute Gasteiger partial charge is 0.346 e. The van der Waals surface area contributed by atoms with Crippen molar-refractivity contribution in [3.05, 3.63) is 34.3 Å². The van der Waals surface area contributed by atoms with Crippen LogP contribution in [0.3, 0.4) is 0 Å². The predicted octanol–water partition coefficient (Wildman–Crippen LogP) is 2.95. The molecule has 0 heterocycles. The molecular weight excluding hydrogens is 337 g/mol. The summed E-state index contributed by atoms with van der Waals surface area (Å²) in [7, 11) is 1.69. The highest BCUT2D eigenvalue weighted by Gasteiger charge is 2.29. The molecule has 0 bridgehead atoms. The van der Waals surface area contributed by atoms with Crippen molar-refractivity contribution in [2.24, 2.45) is 0 Å². The number of benzene rings is 1. The van der Waals surface area contributed by atoms with Crippen molar-refractivity contribution in [2.45, 2.75) is 25.7 Å². The third kappa shape index (κ3) is 5.50. The Bertz CT molecular complexity index is 465. The normalized spacial score (nSPS) is 13.3. The van der Waals surface area contributed by atoms with E-state index in [-0.39, 0.29) is 0 Å². The fourth-order valence-corrected chi connectivity index (χ4v) is 1.98. The van der Waals surface area contributed by atoms with E-state index in [1.165, 1.54) is 0 Å². The molecule has 1 rings (SSSR count). The van der Waals surface area contributed by atoms with Crippen LogP contribution in [0.4, 0.5) is 13.2 Å². The molecule has 20 heavy (non-hydrogen) atoms. The van der Waals surface area contributed by atoms with E-state index in [2.05, 4.69) is 15.9 Å². The first-order valence-electron chi connectivity index (χ1n) is 5.99. The van der Waals surface area contributed by atoms with Crippen molar-refractivity contribution in [3.8, 4) is 0 Å². The highest BCUT2D eigenvalue weighted by Crippen LogP contribution is 2.18. The van der Waals surface area contributed by atoms with Gasteiger partial charge in [-0.25, -0.2) is 0 Å². The predicted molar refractivity (Wildman–Crippen MR) is 74.1 cm³/mol. The van der Waals surface area contributed by atoms with Gasteiger partial charge < -0.3 is 5.32 Å². The summed E-state index contributed by atoms with van der Waals surface area (Å²) in [5.74, 6) is -0.642. The maximum atomic E-state index is 12.0. The van der Waals surface area contributed by atoms with Crippen LogP contribution in [0.2, 0.25) is 0 Å². The molecule has 0 unspecified atom stereocenters. The zero-order valence-corrected chi connectivity index (χ0v) is 12.8. The number of likely N-dealkylation sites (N-methyl/N-ethyl adjacent to an activating group) is 1. The minimum atomic E-state index is -4.39. The van der Waals surface area contributed by atoms with Gasteiger partial charge in [-0.3, -0.25) is 9.69 Å². The van der Waals surface area contributed by atoms with Crippen molar-refractivity contribution >= 4 is 21.8 Å². The molecular formula is C13H16BrF3N2O. The van der Waals surface area contributed by atoms with Crippen molar-refractivity contribution in [1.82, 2.24) is 10.2 Å². The molecule has 1 atom stereocenters. The Morgan fingerprint density at radius 1 is 1.40 bits per heavy atom. The molecule has 3 nitrogen and oxygen atoms in total. The maximum Gasteiger partial charge on any atom is 0.405 e. The Morgan fingerprint density at radius 3 is 2.55 bits per heavy atom. The Balaban J connectivity index is 2.56. The van der Waals surface area contributed by atoms with E-state index >= 15 is 0 Å². The number of halogens is 4. The molecule has 1 N–H and O–H groups in total. The van der Waals surface area contributed by atoms with Crippen LogP contribution in [0.25, 0.3) is 0 Å². The monoisotopic (exact) mass is 352 g/mol. The lowest BCUT2D eigenvalue weighted by Gasteiger charge is -2.24. The average Bonchev–Trinajstić information content (AvgIpc) is 2.36. The van der Waals surface area contributed by atoms with Crippen molar-refractivity contribution in [3.63, 3.8) is 0 Å². The summed E-state index contributed by atoms with van der Waals surface area (Å²) in [5, 5.41) is 1.89. The molecule has 1 aromatic carbocycles. The summed E-state index contributed by atoms with van der Waals surface area (Å²) in [6, 6.07) is 6.85. The molecule has 1 aromatic rings. The molecule has 0 saturated carbocycles. The minimum Gasteiger partial charge on any atom is -0.346 e. The van der Waals surface area contributed by atoms with Gasteiger partial charge in [-0.2, -0.15) is 13.2 Å². The summed E-state index contributed by atoms with van der Waals surface area (Å²) in [6.45, 7) is 0.726. The van der Waals surface area contributed by atoms with Gasteiger partial charge in [-0.1, -0.05) is 34.1 Å². The van der Waals surface area contributed by atoms with E-state index in [0.29, 0.717) is 6.54 Å². The van der Waals surface area contributed by atoms with Gasteiger partial charge in [-0.15, -0.1) is 0 Å². The van der Waals surface area contributed by atoms with Gasteiger partial charge in [-0.05, 0) is 25.6 Å². The lowest BCUT2D eigenvalue weighted by molar-refractivity contribution is -0.141. The molecule has 0 spiro atoms. The number of rotatable bonds is 5. The molecule has 0 aliphatic carbocycles. The van der Waals surface area contributed by atoms with Crippen molar-refractivity contribution in [1.29, 1.82) is 0 Å². The second-order valence-electron chi connectivity index (χ2n) is 4.52. The SMILES string of the molecule is C[C@H](C(=O)NCC(F)(F)F)N(C)Cc1ccccc1Br. The van der Waals surface area contributed by atoms with Crippen LogP contribution in [0, 0.1) is 0 Å². The van der Waals surface area contributed by atoms with Gasteiger partial charge in [0.15, 0.2) is 0 Å². The van der Waals surface area contributed by atoms with Gasteiger partial charge in [0.25, 0.3) is 0 Å². The largest absolute Gasteiger partial charge is 0.405 e. The van der Waals surface area contributed by atoms with E-state index in [9.17, 15) is 18.0 Å². The molecule has 0 aliphatic heterocycles. The number of carbonyl (C=O) groups is 1. The lowest BCUT2D eigenvalue weighted by atomic mass is 10.2.